The molecule has 2 aromatic carbocycles. The summed E-state index contributed by atoms with van der Waals surface area (Å²) < 4.78 is 16.6. The number of nitrogens with zero attached hydrogens (tertiary/aromatic N) is 2. The number of benzene rings is 2. The molecule has 1 unspecified atom stereocenters. The molecule has 0 bridgehead atoms. The van der Waals surface area contributed by atoms with Crippen molar-refractivity contribution < 1.29 is 28.9 Å². The maximum Gasteiger partial charge on any atom is 0.295 e. The molecule has 1 atom stereocenters. The van der Waals surface area contributed by atoms with E-state index in [0.717, 1.165) is 0 Å². The number of carbonyl (C=O) groups is 2. The van der Waals surface area contributed by atoms with Crippen LogP contribution < -0.4 is 14.2 Å². The molecule has 3 rings (SSSR count). The van der Waals surface area contributed by atoms with Gasteiger partial charge < -0.3 is 29.1 Å². The Balaban J connectivity index is 2.17. The molecule has 1 aliphatic heterocycles. The summed E-state index contributed by atoms with van der Waals surface area (Å²) in [6.45, 7) is 5.53. The van der Waals surface area contributed by atoms with E-state index in [-0.39, 0.29) is 11.3 Å². The molecule has 34 heavy (non-hydrogen) atoms. The number of carbonyl (C=O) groups excluding carboxylic acids is 2. The van der Waals surface area contributed by atoms with Crippen molar-refractivity contribution in [1.82, 2.24) is 9.80 Å². The molecule has 1 saturated heterocycles. The summed E-state index contributed by atoms with van der Waals surface area (Å²) in [5.41, 5.74) is 1.07. The highest BCUT2D eigenvalue weighted by Crippen LogP contribution is 2.42. The second kappa shape index (κ2) is 11.1. The summed E-state index contributed by atoms with van der Waals surface area (Å²) in [4.78, 5) is 29.7. The number of amides is 1. The van der Waals surface area contributed by atoms with Gasteiger partial charge in [-0.3, -0.25) is 9.59 Å². The first kappa shape index (κ1) is 25.1. The number of ether oxygens (including phenoxy) is 3. The van der Waals surface area contributed by atoms with Gasteiger partial charge in [-0.2, -0.15) is 0 Å². The van der Waals surface area contributed by atoms with E-state index in [1.807, 2.05) is 32.8 Å². The number of hydrogen-bond donors (Lipinski definition) is 1. The van der Waals surface area contributed by atoms with E-state index in [0.29, 0.717) is 54.7 Å². The summed E-state index contributed by atoms with van der Waals surface area (Å²) in [5, 5.41) is 11.3. The lowest BCUT2D eigenvalue weighted by Crippen LogP contribution is -2.35. The molecule has 0 saturated carbocycles. The maximum atomic E-state index is 13.2. The number of likely N-dealkylation sites (tertiary alicyclic amines) is 1. The summed E-state index contributed by atoms with van der Waals surface area (Å²) in [6, 6.07) is 11.3. The van der Waals surface area contributed by atoms with E-state index in [2.05, 4.69) is 0 Å². The zero-order valence-electron chi connectivity index (χ0n) is 20.3. The van der Waals surface area contributed by atoms with Gasteiger partial charge in [-0.05, 0) is 57.8 Å². The SMILES string of the molecule is CCOc1cccc(/C(O)=C2\C(=O)C(=O)N(CCN(C)C)C2c2ccc(OCC)c(OC)c2)c1. The highest BCUT2D eigenvalue weighted by Gasteiger charge is 2.46. The monoisotopic (exact) mass is 468 g/mol. The molecule has 0 aliphatic carbocycles. The molecule has 2 aromatic rings. The predicted octanol–water partition coefficient (Wildman–Crippen LogP) is 3.48. The minimum Gasteiger partial charge on any atom is -0.507 e. The van der Waals surface area contributed by atoms with Gasteiger partial charge in [0.05, 0.1) is 31.9 Å². The van der Waals surface area contributed by atoms with Crippen LogP contribution in [0.3, 0.4) is 0 Å². The van der Waals surface area contributed by atoms with Crippen molar-refractivity contribution in [2.24, 2.45) is 0 Å². The Morgan fingerprint density at radius 3 is 2.41 bits per heavy atom. The molecule has 0 spiro atoms. The second-order valence-corrected chi connectivity index (χ2v) is 8.10. The largest absolute Gasteiger partial charge is 0.507 e. The summed E-state index contributed by atoms with van der Waals surface area (Å²) in [7, 11) is 5.32. The van der Waals surface area contributed by atoms with Crippen LogP contribution in [0.5, 0.6) is 17.2 Å². The molecule has 182 valence electrons. The van der Waals surface area contributed by atoms with Crippen molar-refractivity contribution in [3.8, 4) is 17.2 Å². The Morgan fingerprint density at radius 2 is 1.76 bits per heavy atom. The first-order chi connectivity index (χ1) is 16.3. The molecule has 1 aliphatic rings. The van der Waals surface area contributed by atoms with Gasteiger partial charge in [0, 0.05) is 18.7 Å². The normalized spacial score (nSPS) is 17.4. The molecule has 1 fully saturated rings. The number of likely N-dealkylation sites (N-methyl/N-ethyl adjacent to an activating group) is 1. The first-order valence-corrected chi connectivity index (χ1v) is 11.3. The van der Waals surface area contributed by atoms with Gasteiger partial charge in [0.2, 0.25) is 0 Å². The van der Waals surface area contributed by atoms with Gasteiger partial charge in [0.25, 0.3) is 11.7 Å². The third-order valence-electron chi connectivity index (χ3n) is 5.55. The predicted molar refractivity (Wildman–Crippen MR) is 129 cm³/mol. The fraction of sp³-hybridized carbons (Fsp3) is 0.385. The van der Waals surface area contributed by atoms with Crippen LogP contribution in [-0.4, -0.2) is 74.1 Å². The molecule has 0 aromatic heterocycles. The van der Waals surface area contributed by atoms with Gasteiger partial charge >= 0.3 is 0 Å². The third kappa shape index (κ3) is 5.17. The van der Waals surface area contributed by atoms with E-state index >= 15 is 0 Å². The van der Waals surface area contributed by atoms with Crippen LogP contribution in [0.1, 0.15) is 31.0 Å². The van der Waals surface area contributed by atoms with Crippen molar-refractivity contribution in [3.05, 3.63) is 59.2 Å². The molecule has 8 nitrogen and oxygen atoms in total. The van der Waals surface area contributed by atoms with Crippen LogP contribution >= 0.6 is 0 Å². The van der Waals surface area contributed by atoms with E-state index < -0.39 is 17.7 Å². The molecular weight excluding hydrogens is 436 g/mol. The van der Waals surface area contributed by atoms with Gasteiger partial charge in [-0.15, -0.1) is 0 Å². The Morgan fingerprint density at radius 1 is 1.03 bits per heavy atom. The van der Waals surface area contributed by atoms with Crippen LogP contribution in [0.25, 0.3) is 5.76 Å². The number of methoxy groups -OCH3 is 1. The topological polar surface area (TPSA) is 88.5 Å². The lowest BCUT2D eigenvalue weighted by atomic mass is 9.95. The van der Waals surface area contributed by atoms with E-state index in [4.69, 9.17) is 14.2 Å². The molecule has 1 N–H and O–H groups in total. The molecular formula is C26H32N2O6. The number of rotatable bonds is 10. The maximum absolute atomic E-state index is 13.2. The lowest BCUT2D eigenvalue weighted by molar-refractivity contribution is -0.140. The highest BCUT2D eigenvalue weighted by atomic mass is 16.5. The quantitative estimate of drug-likeness (QED) is 0.324. The number of hydrogen-bond acceptors (Lipinski definition) is 7. The summed E-state index contributed by atoms with van der Waals surface area (Å²) >= 11 is 0. The van der Waals surface area contributed by atoms with Crippen molar-refractivity contribution in [2.75, 3.05) is 47.5 Å². The fourth-order valence-electron chi connectivity index (χ4n) is 3.95. The Labute approximate surface area is 200 Å². The first-order valence-electron chi connectivity index (χ1n) is 11.3. The van der Waals surface area contributed by atoms with Crippen LogP contribution in [0.4, 0.5) is 0 Å². The smallest absolute Gasteiger partial charge is 0.295 e. The zero-order chi connectivity index (χ0) is 24.8. The van der Waals surface area contributed by atoms with Crippen LogP contribution in [0, 0.1) is 0 Å². The van der Waals surface area contributed by atoms with E-state index in [1.165, 1.54) is 12.0 Å². The minimum atomic E-state index is -0.778. The van der Waals surface area contributed by atoms with Crippen molar-refractivity contribution in [2.45, 2.75) is 19.9 Å². The molecule has 0 radical (unpaired) electrons. The second-order valence-electron chi connectivity index (χ2n) is 8.10. The van der Waals surface area contributed by atoms with E-state index in [1.54, 1.807) is 42.5 Å². The zero-order valence-corrected chi connectivity index (χ0v) is 20.3. The number of aliphatic hydroxyl groups excluding tert-OH is 1. The van der Waals surface area contributed by atoms with Gasteiger partial charge in [-0.1, -0.05) is 18.2 Å². The fourth-order valence-corrected chi connectivity index (χ4v) is 3.95. The van der Waals surface area contributed by atoms with Crippen LogP contribution in [0.2, 0.25) is 0 Å². The Bertz CT molecular complexity index is 1080. The highest BCUT2D eigenvalue weighted by molar-refractivity contribution is 6.46. The summed E-state index contributed by atoms with van der Waals surface area (Å²) in [6.07, 6.45) is 0. The van der Waals surface area contributed by atoms with Crippen molar-refractivity contribution in [3.63, 3.8) is 0 Å². The van der Waals surface area contributed by atoms with Crippen LogP contribution in [0.15, 0.2) is 48.0 Å². The number of Topliss-reactive ketones (excluding diaryl/α,β-unsaturated/α-hetero) is 1. The minimum absolute atomic E-state index is 0.0311. The Hall–Kier alpha value is -3.52. The molecule has 8 heteroatoms. The molecule has 1 heterocycles. The van der Waals surface area contributed by atoms with Crippen molar-refractivity contribution in [1.29, 1.82) is 0 Å². The molecule has 1 amide bonds. The average Bonchev–Trinajstić information content (AvgIpc) is 3.08. The third-order valence-corrected chi connectivity index (χ3v) is 5.55. The van der Waals surface area contributed by atoms with Crippen LogP contribution in [-0.2, 0) is 9.59 Å². The van der Waals surface area contributed by atoms with Gasteiger partial charge in [0.15, 0.2) is 11.5 Å². The Kier molecular flexibility index (Phi) is 8.17. The van der Waals surface area contributed by atoms with Crippen molar-refractivity contribution >= 4 is 17.4 Å². The van der Waals surface area contributed by atoms with Gasteiger partial charge in [-0.25, -0.2) is 0 Å². The van der Waals surface area contributed by atoms with Gasteiger partial charge in [0.1, 0.15) is 11.5 Å². The number of ketones is 1. The lowest BCUT2D eigenvalue weighted by Gasteiger charge is -2.27. The van der Waals surface area contributed by atoms with E-state index in [9.17, 15) is 14.7 Å². The summed E-state index contributed by atoms with van der Waals surface area (Å²) in [5.74, 6) is -0.0183. The average molecular weight is 469 g/mol. The standard InChI is InChI=1S/C26H32N2O6/c1-6-33-19-10-8-9-18(15-19)24(29)22-23(28(14-13-27(3)4)26(31)25(22)30)17-11-12-20(34-7-2)21(16-17)32-5/h8-12,15-16,23,29H,6-7,13-14H2,1-5H3/b24-22+. The number of aliphatic hydroxyl groups is 1.